The van der Waals surface area contributed by atoms with E-state index >= 15 is 0 Å². The van der Waals surface area contributed by atoms with Crippen molar-refractivity contribution in [2.24, 2.45) is 17.8 Å². The zero-order valence-electron chi connectivity index (χ0n) is 15.6. The van der Waals surface area contributed by atoms with Crippen LogP contribution in [-0.2, 0) is 19.2 Å². The molecular formula is C16H21F3N4O5S. The van der Waals surface area contributed by atoms with Crippen LogP contribution in [0.2, 0.25) is 0 Å². The molecule has 0 unspecified atom stereocenters. The molecule has 3 fully saturated rings. The Morgan fingerprint density at radius 1 is 1.24 bits per heavy atom. The molecule has 1 aromatic heterocycles. The van der Waals surface area contributed by atoms with E-state index in [-0.39, 0.29) is 11.8 Å². The summed E-state index contributed by atoms with van der Waals surface area (Å²) in [6, 6.07) is 0. The number of carbonyl (C=O) groups is 2. The van der Waals surface area contributed by atoms with Crippen molar-refractivity contribution < 1.29 is 37.4 Å². The van der Waals surface area contributed by atoms with Gasteiger partial charge in [0.1, 0.15) is 5.01 Å². The van der Waals surface area contributed by atoms with Crippen molar-refractivity contribution in [3.05, 3.63) is 5.01 Å². The zero-order chi connectivity index (χ0) is 21.2. The van der Waals surface area contributed by atoms with Crippen LogP contribution in [0.15, 0.2) is 0 Å². The number of hydrogen-bond acceptors (Lipinski definition) is 8. The number of amides is 1. The molecule has 0 radical (unpaired) electrons. The van der Waals surface area contributed by atoms with E-state index in [1.54, 1.807) is 11.3 Å². The number of aliphatic carboxylic acids is 1. The largest absolute Gasteiger partial charge is 0.490 e. The zero-order valence-corrected chi connectivity index (χ0v) is 16.4. The van der Waals surface area contributed by atoms with E-state index in [0.29, 0.717) is 31.6 Å². The maximum absolute atomic E-state index is 12.7. The molecule has 3 aliphatic heterocycles. The molecule has 3 aliphatic rings. The number of alkyl halides is 3. The second kappa shape index (κ2) is 8.79. The number of carboxylic acid groups (broad SMARTS) is 1. The highest BCUT2D eigenvalue weighted by atomic mass is 32.1. The third-order valence-corrected chi connectivity index (χ3v) is 5.88. The molecule has 9 nitrogen and oxygen atoms in total. The smallest absolute Gasteiger partial charge is 0.475 e. The number of aromatic nitrogens is 2. The summed E-state index contributed by atoms with van der Waals surface area (Å²) in [7, 11) is 0. The predicted octanol–water partition coefficient (Wildman–Crippen LogP) is 1.34. The van der Waals surface area contributed by atoms with Gasteiger partial charge in [-0.3, -0.25) is 9.63 Å². The van der Waals surface area contributed by atoms with E-state index in [0.717, 1.165) is 36.3 Å². The second-order valence-corrected chi connectivity index (χ2v) is 8.17. The van der Waals surface area contributed by atoms with Crippen LogP contribution in [0.5, 0.6) is 0 Å². The molecule has 1 aromatic rings. The molecule has 1 N–H and O–H groups in total. The molecule has 3 atom stereocenters. The Labute approximate surface area is 168 Å². The highest BCUT2D eigenvalue weighted by molar-refractivity contribution is 7.15. The first-order chi connectivity index (χ1) is 13.7. The van der Waals surface area contributed by atoms with Crippen molar-refractivity contribution in [1.82, 2.24) is 15.3 Å². The molecule has 0 aromatic carbocycles. The fraction of sp³-hybridized carbons (Fsp3) is 0.750. The van der Waals surface area contributed by atoms with Crippen molar-refractivity contribution in [3.8, 4) is 0 Å². The Morgan fingerprint density at radius 2 is 1.97 bits per heavy atom. The number of ether oxygens (including phenoxy) is 1. The lowest BCUT2D eigenvalue weighted by Gasteiger charge is -2.33. The van der Waals surface area contributed by atoms with Crippen molar-refractivity contribution in [1.29, 1.82) is 0 Å². The summed E-state index contributed by atoms with van der Waals surface area (Å²) < 4.78 is 37.4. The number of rotatable bonds is 2. The Morgan fingerprint density at radius 3 is 2.52 bits per heavy atom. The van der Waals surface area contributed by atoms with Crippen molar-refractivity contribution in [2.75, 3.05) is 44.4 Å². The Hall–Kier alpha value is -1.99. The van der Waals surface area contributed by atoms with Gasteiger partial charge in [-0.1, -0.05) is 11.3 Å². The molecule has 0 aliphatic carbocycles. The van der Waals surface area contributed by atoms with E-state index in [9.17, 15) is 18.0 Å². The minimum atomic E-state index is -5.08. The summed E-state index contributed by atoms with van der Waals surface area (Å²) in [5.74, 6) is -2.07. The van der Waals surface area contributed by atoms with Gasteiger partial charge in [0.25, 0.3) is 5.91 Å². The van der Waals surface area contributed by atoms with Gasteiger partial charge in [0.05, 0.1) is 32.3 Å². The first kappa shape index (κ1) is 21.7. The van der Waals surface area contributed by atoms with Gasteiger partial charge in [-0.05, 0) is 19.3 Å². The number of carboxylic acids is 1. The number of anilines is 1. The van der Waals surface area contributed by atoms with Gasteiger partial charge in [0.2, 0.25) is 5.13 Å². The fourth-order valence-corrected chi connectivity index (χ4v) is 4.34. The average molecular weight is 438 g/mol. The Kier molecular flexibility index (Phi) is 6.58. The van der Waals surface area contributed by atoms with Gasteiger partial charge in [-0.25, -0.2) is 9.86 Å². The lowest BCUT2D eigenvalue weighted by molar-refractivity contribution is -0.192. The molecule has 4 rings (SSSR count). The molecule has 4 heterocycles. The van der Waals surface area contributed by atoms with E-state index in [1.807, 2.05) is 6.92 Å². The van der Waals surface area contributed by atoms with Crippen molar-refractivity contribution in [2.45, 2.75) is 19.5 Å². The lowest BCUT2D eigenvalue weighted by Crippen LogP contribution is -2.45. The van der Waals surface area contributed by atoms with E-state index in [4.69, 9.17) is 19.5 Å². The van der Waals surface area contributed by atoms with Crippen LogP contribution in [0, 0.1) is 24.7 Å². The maximum atomic E-state index is 12.7. The van der Waals surface area contributed by atoms with E-state index in [2.05, 4.69) is 15.1 Å². The third kappa shape index (κ3) is 5.14. The minimum absolute atomic E-state index is 0.0856. The molecule has 162 valence electrons. The summed E-state index contributed by atoms with van der Waals surface area (Å²) >= 11 is 1.61. The SMILES string of the molecule is Cc1nnc(N2C[C@@H]3COC[C@@H](C(=O)N4CCCO4)[C@@H]3C2)s1.O=C(O)C(F)(F)F. The number of aryl methyl sites for hydroxylation is 1. The Balaban J connectivity index is 0.000000298. The van der Waals surface area contributed by atoms with E-state index in [1.165, 1.54) is 5.06 Å². The van der Waals surface area contributed by atoms with Crippen LogP contribution < -0.4 is 4.90 Å². The number of carbonyl (C=O) groups excluding carboxylic acids is 1. The molecule has 0 bridgehead atoms. The van der Waals surface area contributed by atoms with Crippen molar-refractivity contribution >= 4 is 28.3 Å². The van der Waals surface area contributed by atoms with Gasteiger partial charge in [-0.2, -0.15) is 13.2 Å². The third-order valence-electron chi connectivity index (χ3n) is 4.98. The highest BCUT2D eigenvalue weighted by Gasteiger charge is 2.46. The molecule has 0 spiro atoms. The van der Waals surface area contributed by atoms with Crippen LogP contribution >= 0.6 is 11.3 Å². The van der Waals surface area contributed by atoms with Gasteiger partial charge in [0.15, 0.2) is 0 Å². The number of nitrogens with zero attached hydrogens (tertiary/aromatic N) is 4. The van der Waals surface area contributed by atoms with Gasteiger partial charge in [0, 0.05) is 19.0 Å². The molecular weight excluding hydrogens is 417 g/mol. The van der Waals surface area contributed by atoms with Crippen molar-refractivity contribution in [3.63, 3.8) is 0 Å². The summed E-state index contributed by atoms with van der Waals surface area (Å²) in [4.78, 5) is 29.2. The fourth-order valence-electron chi connectivity index (χ4n) is 3.63. The Bertz CT molecular complexity index is 740. The van der Waals surface area contributed by atoms with Crippen LogP contribution in [0.25, 0.3) is 0 Å². The number of fused-ring (bicyclic) bond motifs is 1. The summed E-state index contributed by atoms with van der Waals surface area (Å²) in [6.07, 6.45) is -4.16. The summed E-state index contributed by atoms with van der Waals surface area (Å²) in [5, 5.41) is 18.9. The van der Waals surface area contributed by atoms with Gasteiger partial charge < -0.3 is 14.7 Å². The first-order valence-corrected chi connectivity index (χ1v) is 9.85. The van der Waals surface area contributed by atoms with Crippen LogP contribution in [-0.4, -0.2) is 77.9 Å². The number of halogens is 3. The second-order valence-electron chi connectivity index (χ2n) is 7.01. The normalized spacial score (nSPS) is 26.7. The van der Waals surface area contributed by atoms with Gasteiger partial charge in [-0.15, -0.1) is 10.2 Å². The predicted molar refractivity (Wildman–Crippen MR) is 94.1 cm³/mol. The highest BCUT2D eigenvalue weighted by Crippen LogP contribution is 2.38. The summed E-state index contributed by atoms with van der Waals surface area (Å²) in [5.41, 5.74) is 0. The van der Waals surface area contributed by atoms with Crippen LogP contribution in [0.3, 0.4) is 0 Å². The minimum Gasteiger partial charge on any atom is -0.475 e. The molecule has 29 heavy (non-hydrogen) atoms. The molecule has 3 saturated heterocycles. The standard InChI is InChI=1S/C14H20N4O3S.C2HF3O2/c1-9-15-16-14(22-9)17-5-10-7-20-8-12(11(10)6-17)13(19)18-3-2-4-21-18;3-2(4,5)1(6)7/h10-12H,2-8H2,1H3;(H,6,7)/t10-,11-,12-;/m1./s1. The molecule has 0 saturated carbocycles. The molecule has 1 amide bonds. The van der Waals surface area contributed by atoms with Crippen LogP contribution in [0.1, 0.15) is 11.4 Å². The summed E-state index contributed by atoms with van der Waals surface area (Å²) in [6.45, 7) is 6.28. The topological polar surface area (TPSA) is 105 Å². The van der Waals surface area contributed by atoms with Crippen LogP contribution in [0.4, 0.5) is 18.3 Å². The van der Waals surface area contributed by atoms with E-state index < -0.39 is 12.1 Å². The number of hydrogen-bond donors (Lipinski definition) is 1. The quantitative estimate of drug-likeness (QED) is 0.738. The maximum Gasteiger partial charge on any atom is 0.490 e. The average Bonchev–Trinajstić information content (AvgIpc) is 3.40. The number of hydroxylamine groups is 2. The molecule has 13 heteroatoms. The lowest BCUT2D eigenvalue weighted by atomic mass is 9.82. The first-order valence-electron chi connectivity index (χ1n) is 9.04. The van der Waals surface area contributed by atoms with Gasteiger partial charge >= 0.3 is 12.1 Å². The monoisotopic (exact) mass is 438 g/mol.